The van der Waals surface area contributed by atoms with Crippen molar-refractivity contribution in [2.75, 3.05) is 96.0 Å². The first-order chi connectivity index (χ1) is 30.9. The smallest absolute Gasteiger partial charge is 0.394 e. The predicted octanol–water partition coefficient (Wildman–Crippen LogP) is 5.38. The van der Waals surface area contributed by atoms with Crippen LogP contribution < -0.4 is 20.9 Å². The summed E-state index contributed by atoms with van der Waals surface area (Å²) >= 11 is 0. The fourth-order valence-corrected chi connectivity index (χ4v) is 6.57. The lowest BCUT2D eigenvalue weighted by Crippen LogP contribution is -2.57. The number of amides is 2. The van der Waals surface area contributed by atoms with Crippen molar-refractivity contribution in [1.29, 1.82) is 0 Å². The van der Waals surface area contributed by atoms with Crippen molar-refractivity contribution >= 4 is 23.2 Å². The molecule has 0 spiro atoms. The molecule has 0 aliphatic heterocycles. The second-order valence-corrected chi connectivity index (χ2v) is 15.0. The van der Waals surface area contributed by atoms with E-state index >= 15 is 0 Å². The maximum atomic E-state index is 13.2. The summed E-state index contributed by atoms with van der Waals surface area (Å²) in [6, 6.07) is 22.6. The van der Waals surface area contributed by atoms with E-state index in [-0.39, 0.29) is 26.2 Å². The van der Waals surface area contributed by atoms with Crippen molar-refractivity contribution in [1.82, 2.24) is 15.6 Å². The molecular formula is C47H62F3N5O9. The third-order valence-electron chi connectivity index (χ3n) is 10.3. The first-order valence-corrected chi connectivity index (χ1v) is 21.5. The Bertz CT molecular complexity index is 2010. The molecule has 0 aliphatic carbocycles. The van der Waals surface area contributed by atoms with Crippen LogP contribution in [0.5, 0.6) is 0 Å². The zero-order chi connectivity index (χ0) is 46.2. The molecule has 17 heteroatoms. The molecule has 0 atom stereocenters. The second-order valence-electron chi connectivity index (χ2n) is 15.0. The molecule has 0 saturated carbocycles. The van der Waals surface area contributed by atoms with Crippen LogP contribution in [0, 0.1) is 0 Å². The Morgan fingerprint density at radius 3 is 1.95 bits per heavy atom. The Balaban J connectivity index is 1.18. The minimum absolute atomic E-state index is 0.00931. The lowest BCUT2D eigenvalue weighted by atomic mass is 10.0. The molecule has 0 unspecified atom stereocenters. The van der Waals surface area contributed by atoms with Crippen molar-refractivity contribution in [2.45, 2.75) is 57.9 Å². The monoisotopic (exact) mass is 897 g/mol. The van der Waals surface area contributed by atoms with Crippen molar-refractivity contribution in [2.24, 2.45) is 0 Å². The van der Waals surface area contributed by atoms with Gasteiger partial charge in [0.15, 0.2) is 0 Å². The number of anilines is 2. The van der Waals surface area contributed by atoms with Crippen LogP contribution in [0.15, 0.2) is 85.1 Å². The number of aliphatic hydroxyl groups excluding tert-OH is 3. The van der Waals surface area contributed by atoms with E-state index in [1.54, 1.807) is 24.4 Å². The van der Waals surface area contributed by atoms with Gasteiger partial charge in [-0.2, -0.15) is 13.2 Å². The number of carbonyl (C=O) groups excluding carboxylic acids is 2. The molecule has 0 fully saturated rings. The van der Waals surface area contributed by atoms with E-state index in [1.807, 2.05) is 12.1 Å². The lowest BCUT2D eigenvalue weighted by molar-refractivity contribution is -0.137. The molecule has 350 valence electrons. The average Bonchev–Trinajstić information content (AvgIpc) is 3.31. The van der Waals surface area contributed by atoms with Gasteiger partial charge in [-0.3, -0.25) is 14.6 Å². The van der Waals surface area contributed by atoms with Crippen LogP contribution in [0.4, 0.5) is 24.5 Å². The van der Waals surface area contributed by atoms with Crippen LogP contribution in [-0.2, 0) is 49.4 Å². The van der Waals surface area contributed by atoms with Crippen molar-refractivity contribution in [3.63, 3.8) is 0 Å². The molecule has 1 heterocycles. The molecule has 0 radical (unpaired) electrons. The molecule has 0 aliphatic rings. The highest BCUT2D eigenvalue weighted by atomic mass is 19.4. The summed E-state index contributed by atoms with van der Waals surface area (Å²) in [4.78, 5) is 32.0. The third kappa shape index (κ3) is 17.1. The maximum Gasteiger partial charge on any atom is 0.416 e. The summed E-state index contributed by atoms with van der Waals surface area (Å²) in [7, 11) is 0. The van der Waals surface area contributed by atoms with E-state index in [4.69, 9.17) is 18.9 Å². The highest BCUT2D eigenvalue weighted by molar-refractivity contribution is 5.95. The number of halogens is 3. The van der Waals surface area contributed by atoms with Crippen molar-refractivity contribution in [3.05, 3.63) is 113 Å². The highest BCUT2D eigenvalue weighted by Gasteiger charge is 2.31. The molecule has 0 bridgehead atoms. The zero-order valence-electron chi connectivity index (χ0n) is 36.6. The van der Waals surface area contributed by atoms with Gasteiger partial charge < -0.3 is 55.1 Å². The van der Waals surface area contributed by atoms with Gasteiger partial charge in [0.25, 0.3) is 5.91 Å². The second kappa shape index (κ2) is 27.2. The van der Waals surface area contributed by atoms with Gasteiger partial charge in [-0.25, -0.2) is 0 Å². The number of carbonyl (C=O) groups is 2. The first kappa shape index (κ1) is 51.5. The van der Waals surface area contributed by atoms with Gasteiger partial charge in [-0.1, -0.05) is 36.4 Å². The van der Waals surface area contributed by atoms with Gasteiger partial charge in [0, 0.05) is 67.9 Å². The topological polar surface area (TPSA) is 184 Å². The molecule has 0 saturated heterocycles. The van der Waals surface area contributed by atoms with Gasteiger partial charge in [-0.05, 0) is 85.8 Å². The predicted molar refractivity (Wildman–Crippen MR) is 238 cm³/mol. The fraction of sp³-hybridized carbons (Fsp3) is 0.468. The first-order valence-electron chi connectivity index (χ1n) is 21.5. The van der Waals surface area contributed by atoms with Crippen LogP contribution in [-0.4, -0.2) is 123 Å². The SMILES string of the molecule is CCN(CC)c1ccc(NCc2cccc(CCCOCCOCCOCCOCCC(=O)NC(CO)(CO)CO)c2)c(-c2cc(C(=O)NCc3cccc(C(F)(F)F)c3)ccn2)c1. The van der Waals surface area contributed by atoms with Gasteiger partial charge in [0.2, 0.25) is 5.91 Å². The number of nitrogens with one attached hydrogen (secondary N) is 3. The van der Waals surface area contributed by atoms with E-state index in [2.05, 4.69) is 70.0 Å². The number of hydrogen-bond acceptors (Lipinski definition) is 12. The number of benzene rings is 3. The molecular weight excluding hydrogens is 836 g/mol. The number of aryl methyl sites for hydroxylation is 1. The summed E-state index contributed by atoms with van der Waals surface area (Å²) in [6.07, 6.45) is -1.24. The zero-order valence-corrected chi connectivity index (χ0v) is 36.6. The number of aliphatic hydroxyl groups is 3. The van der Waals surface area contributed by atoms with Crippen LogP contribution in [0.25, 0.3) is 11.3 Å². The van der Waals surface area contributed by atoms with Gasteiger partial charge in [0.05, 0.1) is 77.3 Å². The van der Waals surface area contributed by atoms with Crippen LogP contribution in [0.3, 0.4) is 0 Å². The van der Waals surface area contributed by atoms with E-state index in [0.717, 1.165) is 60.6 Å². The lowest BCUT2D eigenvalue weighted by Gasteiger charge is -2.28. The summed E-state index contributed by atoms with van der Waals surface area (Å²) in [5.41, 5.74) is 3.94. The normalized spacial score (nSPS) is 11.7. The Morgan fingerprint density at radius 2 is 1.31 bits per heavy atom. The summed E-state index contributed by atoms with van der Waals surface area (Å²) in [6.45, 7) is 7.47. The van der Waals surface area contributed by atoms with E-state index in [0.29, 0.717) is 63.0 Å². The Hall–Kier alpha value is -5.14. The standard InChI is InChI=1S/C47H62F3N5O9/c1-3-55(4-2)40-13-14-42(41(29-40)43-28-38(15-17-51-43)45(60)53-31-37-10-6-12-39(27-37)47(48,49)50)52-30-36-9-5-8-35(26-36)11-7-18-61-20-22-63-24-25-64-23-21-62-19-16-44(59)54-46(32-56,33-57)34-58/h5-6,8-10,12-15,17,26-29,52,56-58H,3-4,7,11,16,18-25,30-34H2,1-2H3,(H,53,60)(H,54,59). The fourth-order valence-electron chi connectivity index (χ4n) is 6.57. The maximum absolute atomic E-state index is 13.2. The van der Waals surface area contributed by atoms with E-state index in [9.17, 15) is 38.1 Å². The number of aromatic nitrogens is 1. The van der Waals surface area contributed by atoms with Crippen molar-refractivity contribution in [3.8, 4) is 11.3 Å². The largest absolute Gasteiger partial charge is 0.416 e. The molecule has 3 aromatic carbocycles. The van der Waals surface area contributed by atoms with E-state index < -0.39 is 48.9 Å². The quantitative estimate of drug-likeness (QED) is 0.0369. The molecule has 64 heavy (non-hydrogen) atoms. The number of rotatable bonds is 30. The number of nitrogens with zero attached hydrogens (tertiary/aromatic N) is 2. The number of alkyl halides is 3. The van der Waals surface area contributed by atoms with Gasteiger partial charge in [0.1, 0.15) is 5.54 Å². The highest BCUT2D eigenvalue weighted by Crippen LogP contribution is 2.33. The summed E-state index contributed by atoms with van der Waals surface area (Å²) < 4.78 is 61.8. The Morgan fingerprint density at radius 1 is 0.703 bits per heavy atom. The minimum Gasteiger partial charge on any atom is -0.394 e. The van der Waals surface area contributed by atoms with Gasteiger partial charge in [-0.15, -0.1) is 0 Å². The molecule has 1 aromatic heterocycles. The summed E-state index contributed by atoms with van der Waals surface area (Å²) in [5, 5.41) is 36.6. The van der Waals surface area contributed by atoms with E-state index in [1.165, 1.54) is 11.6 Å². The molecule has 6 N–H and O–H groups in total. The molecule has 14 nitrogen and oxygen atoms in total. The summed E-state index contributed by atoms with van der Waals surface area (Å²) in [5.74, 6) is -0.881. The number of hydrogen-bond donors (Lipinski definition) is 6. The molecule has 4 rings (SSSR count). The Labute approximate surface area is 373 Å². The third-order valence-corrected chi connectivity index (χ3v) is 10.3. The average molecular weight is 898 g/mol. The van der Waals surface area contributed by atoms with Crippen LogP contribution in [0.1, 0.15) is 59.3 Å². The Kier molecular flexibility index (Phi) is 21.9. The number of pyridine rings is 1. The minimum atomic E-state index is -4.47. The molecule has 4 aromatic rings. The van der Waals surface area contributed by atoms with Crippen molar-refractivity contribution < 1.29 is 57.0 Å². The van der Waals surface area contributed by atoms with Gasteiger partial charge >= 0.3 is 6.18 Å². The van der Waals surface area contributed by atoms with Crippen LogP contribution in [0.2, 0.25) is 0 Å². The molecule has 2 amide bonds. The van der Waals surface area contributed by atoms with Crippen LogP contribution >= 0.6 is 0 Å². The number of ether oxygens (including phenoxy) is 4.